The number of rotatable bonds is 10. The van der Waals surface area contributed by atoms with E-state index in [0.717, 1.165) is 31.7 Å². The van der Waals surface area contributed by atoms with Gasteiger partial charge in [0.25, 0.3) is 0 Å². The molecule has 0 unspecified atom stereocenters. The Balaban J connectivity index is 0.00000324. The van der Waals surface area contributed by atoms with Crippen molar-refractivity contribution in [2.75, 3.05) is 6.54 Å². The molecule has 1 heterocycles. The molecule has 1 aromatic rings. The van der Waals surface area contributed by atoms with Gasteiger partial charge >= 0.3 is 0 Å². The third kappa shape index (κ3) is 7.58. The first-order valence-corrected chi connectivity index (χ1v) is 7.52. The number of aromatic nitrogens is 2. The lowest BCUT2D eigenvalue weighted by Crippen LogP contribution is -2.18. The van der Waals surface area contributed by atoms with E-state index in [9.17, 15) is 0 Å². The van der Waals surface area contributed by atoms with E-state index in [2.05, 4.69) is 41.9 Å². The molecule has 3 nitrogen and oxygen atoms in total. The average Bonchev–Trinajstić information content (AvgIpc) is 2.69. The molecule has 0 amide bonds. The van der Waals surface area contributed by atoms with Gasteiger partial charge in [-0.3, -0.25) is 4.68 Å². The van der Waals surface area contributed by atoms with Gasteiger partial charge in [-0.25, -0.2) is 0 Å². The van der Waals surface area contributed by atoms with Crippen molar-refractivity contribution < 1.29 is 0 Å². The van der Waals surface area contributed by atoms with Crippen molar-refractivity contribution in [3.63, 3.8) is 0 Å². The van der Waals surface area contributed by atoms with Crippen LogP contribution in [-0.4, -0.2) is 16.3 Å². The SMILES string of the molecule is CCCCCCCNCc1cc(C)nn1CCC.Cl. The highest BCUT2D eigenvalue weighted by atomic mass is 35.5. The van der Waals surface area contributed by atoms with Crippen LogP contribution < -0.4 is 5.32 Å². The fourth-order valence-corrected chi connectivity index (χ4v) is 2.22. The minimum Gasteiger partial charge on any atom is -0.311 e. The molecule has 0 saturated carbocycles. The van der Waals surface area contributed by atoms with E-state index in [4.69, 9.17) is 0 Å². The highest BCUT2D eigenvalue weighted by Crippen LogP contribution is 2.05. The first-order chi connectivity index (χ1) is 8.77. The molecule has 0 saturated heterocycles. The lowest BCUT2D eigenvalue weighted by atomic mass is 10.1. The predicted molar refractivity (Wildman–Crippen MR) is 85.0 cm³/mol. The maximum absolute atomic E-state index is 4.52. The molecule has 0 aliphatic rings. The maximum atomic E-state index is 4.52. The van der Waals surface area contributed by atoms with Crippen LogP contribution in [0.25, 0.3) is 0 Å². The summed E-state index contributed by atoms with van der Waals surface area (Å²) in [6.45, 7) is 9.63. The van der Waals surface area contributed by atoms with Gasteiger partial charge in [0.2, 0.25) is 0 Å². The highest BCUT2D eigenvalue weighted by Gasteiger charge is 2.03. The molecule has 0 bridgehead atoms. The molecule has 1 aromatic heterocycles. The van der Waals surface area contributed by atoms with Crippen LogP contribution in [0.3, 0.4) is 0 Å². The number of nitrogens with one attached hydrogen (secondary N) is 1. The van der Waals surface area contributed by atoms with E-state index in [1.54, 1.807) is 0 Å². The summed E-state index contributed by atoms with van der Waals surface area (Å²) in [5.41, 5.74) is 2.45. The van der Waals surface area contributed by atoms with Crippen molar-refractivity contribution >= 4 is 12.4 Å². The monoisotopic (exact) mass is 287 g/mol. The van der Waals surface area contributed by atoms with E-state index >= 15 is 0 Å². The van der Waals surface area contributed by atoms with Crippen LogP contribution in [-0.2, 0) is 13.1 Å². The molecule has 112 valence electrons. The lowest BCUT2D eigenvalue weighted by molar-refractivity contribution is 0.533. The zero-order valence-electron chi connectivity index (χ0n) is 12.7. The normalized spacial score (nSPS) is 10.5. The second kappa shape index (κ2) is 11.3. The van der Waals surface area contributed by atoms with Gasteiger partial charge in [-0.1, -0.05) is 39.5 Å². The topological polar surface area (TPSA) is 29.9 Å². The van der Waals surface area contributed by atoms with Crippen LogP contribution in [0.4, 0.5) is 0 Å². The largest absolute Gasteiger partial charge is 0.311 e. The summed E-state index contributed by atoms with van der Waals surface area (Å²) in [4.78, 5) is 0. The van der Waals surface area contributed by atoms with Crippen molar-refractivity contribution in [1.82, 2.24) is 15.1 Å². The van der Waals surface area contributed by atoms with E-state index in [1.807, 2.05) is 0 Å². The van der Waals surface area contributed by atoms with Gasteiger partial charge in [0.05, 0.1) is 11.4 Å². The number of hydrogen-bond donors (Lipinski definition) is 1. The Labute approximate surface area is 124 Å². The second-order valence-electron chi connectivity index (χ2n) is 5.09. The summed E-state index contributed by atoms with van der Waals surface area (Å²) in [5, 5.41) is 8.05. The van der Waals surface area contributed by atoms with Crippen molar-refractivity contribution in [2.24, 2.45) is 0 Å². The zero-order chi connectivity index (χ0) is 13.2. The van der Waals surface area contributed by atoms with E-state index in [-0.39, 0.29) is 12.4 Å². The molecular weight excluding hydrogens is 258 g/mol. The van der Waals surface area contributed by atoms with Crippen LogP contribution in [0.15, 0.2) is 6.07 Å². The molecule has 0 radical (unpaired) electrons. The Bertz CT molecular complexity index is 323. The number of hydrogen-bond acceptors (Lipinski definition) is 2. The van der Waals surface area contributed by atoms with Crippen LogP contribution in [0, 0.1) is 6.92 Å². The zero-order valence-corrected chi connectivity index (χ0v) is 13.6. The Hall–Kier alpha value is -0.540. The van der Waals surface area contributed by atoms with Gasteiger partial charge in [-0.2, -0.15) is 5.10 Å². The maximum Gasteiger partial charge on any atom is 0.0597 e. The summed E-state index contributed by atoms with van der Waals surface area (Å²) in [6.07, 6.45) is 7.87. The van der Waals surface area contributed by atoms with Crippen LogP contribution in [0.2, 0.25) is 0 Å². The quantitative estimate of drug-likeness (QED) is 0.657. The fraction of sp³-hybridized carbons (Fsp3) is 0.800. The summed E-state index contributed by atoms with van der Waals surface area (Å²) >= 11 is 0. The van der Waals surface area contributed by atoms with Gasteiger partial charge in [0, 0.05) is 13.1 Å². The van der Waals surface area contributed by atoms with E-state index in [1.165, 1.54) is 37.8 Å². The Morgan fingerprint density at radius 3 is 2.53 bits per heavy atom. The van der Waals surface area contributed by atoms with Gasteiger partial charge in [-0.05, 0) is 32.4 Å². The summed E-state index contributed by atoms with van der Waals surface area (Å²) < 4.78 is 2.14. The van der Waals surface area contributed by atoms with Crippen LogP contribution in [0.5, 0.6) is 0 Å². The molecule has 0 aromatic carbocycles. The van der Waals surface area contributed by atoms with Gasteiger partial charge < -0.3 is 5.32 Å². The van der Waals surface area contributed by atoms with Gasteiger partial charge in [0.1, 0.15) is 0 Å². The van der Waals surface area contributed by atoms with Gasteiger partial charge in [0.15, 0.2) is 0 Å². The third-order valence-electron chi connectivity index (χ3n) is 3.18. The Morgan fingerprint density at radius 1 is 1.11 bits per heavy atom. The van der Waals surface area contributed by atoms with E-state index in [0.29, 0.717) is 0 Å². The fourth-order valence-electron chi connectivity index (χ4n) is 2.22. The molecule has 19 heavy (non-hydrogen) atoms. The summed E-state index contributed by atoms with van der Waals surface area (Å²) in [5.74, 6) is 0. The Morgan fingerprint density at radius 2 is 1.84 bits per heavy atom. The molecule has 0 spiro atoms. The first-order valence-electron chi connectivity index (χ1n) is 7.52. The van der Waals surface area contributed by atoms with Crippen LogP contribution in [0.1, 0.15) is 63.8 Å². The number of unbranched alkanes of at least 4 members (excludes halogenated alkanes) is 4. The smallest absolute Gasteiger partial charge is 0.0597 e. The molecular formula is C15H30ClN3. The van der Waals surface area contributed by atoms with Crippen LogP contribution >= 0.6 is 12.4 Å². The molecule has 1 N–H and O–H groups in total. The average molecular weight is 288 g/mol. The predicted octanol–water partition coefficient (Wildman–Crippen LogP) is 4.08. The lowest BCUT2D eigenvalue weighted by Gasteiger charge is -2.07. The molecule has 0 fully saturated rings. The van der Waals surface area contributed by atoms with Crippen molar-refractivity contribution in [3.05, 3.63) is 17.5 Å². The van der Waals surface area contributed by atoms with Crippen molar-refractivity contribution in [1.29, 1.82) is 0 Å². The molecule has 0 atom stereocenters. The summed E-state index contributed by atoms with van der Waals surface area (Å²) in [7, 11) is 0. The van der Waals surface area contributed by atoms with Gasteiger partial charge in [-0.15, -0.1) is 12.4 Å². The highest BCUT2D eigenvalue weighted by molar-refractivity contribution is 5.85. The van der Waals surface area contributed by atoms with Crippen molar-refractivity contribution in [3.8, 4) is 0 Å². The third-order valence-corrected chi connectivity index (χ3v) is 3.18. The summed E-state index contributed by atoms with van der Waals surface area (Å²) in [6, 6.07) is 2.19. The van der Waals surface area contributed by atoms with Crippen molar-refractivity contribution in [2.45, 2.75) is 72.4 Å². The standard InChI is InChI=1S/C15H29N3.ClH/c1-4-6-7-8-9-10-16-13-15-12-14(3)17-18(15)11-5-2;/h12,16H,4-11,13H2,1-3H3;1H. The Kier molecular flexibility index (Phi) is 11.0. The minimum absolute atomic E-state index is 0. The number of aryl methyl sites for hydroxylation is 2. The molecule has 4 heteroatoms. The van der Waals surface area contributed by atoms with E-state index < -0.39 is 0 Å². The number of nitrogens with zero attached hydrogens (tertiary/aromatic N) is 2. The second-order valence-corrected chi connectivity index (χ2v) is 5.09. The molecule has 0 aliphatic heterocycles. The number of halogens is 1. The molecule has 0 aliphatic carbocycles. The molecule has 1 rings (SSSR count). The first kappa shape index (κ1) is 18.5. The minimum atomic E-state index is 0.